The fourth-order valence-electron chi connectivity index (χ4n) is 3.89. The van der Waals surface area contributed by atoms with E-state index in [1.54, 1.807) is 34.8 Å². The van der Waals surface area contributed by atoms with Crippen LogP contribution in [0.2, 0.25) is 0 Å². The summed E-state index contributed by atoms with van der Waals surface area (Å²) in [5.41, 5.74) is 1.88. The van der Waals surface area contributed by atoms with E-state index < -0.39 is 10.0 Å². The van der Waals surface area contributed by atoms with Gasteiger partial charge in [-0.3, -0.25) is 5.32 Å². The van der Waals surface area contributed by atoms with E-state index in [1.807, 2.05) is 32.0 Å². The molecule has 2 atom stereocenters. The summed E-state index contributed by atoms with van der Waals surface area (Å²) in [4.78, 5) is 0.280. The fourth-order valence-corrected chi connectivity index (χ4v) is 5.55. The Bertz CT molecular complexity index is 1080. The van der Waals surface area contributed by atoms with Gasteiger partial charge in [0, 0.05) is 24.5 Å². The van der Waals surface area contributed by atoms with E-state index in [0.29, 0.717) is 25.4 Å². The molecule has 0 amide bonds. The number of sulfonamides is 1. The highest BCUT2D eigenvalue weighted by Gasteiger charge is 2.34. The van der Waals surface area contributed by atoms with Crippen molar-refractivity contribution in [2.24, 2.45) is 5.92 Å². The van der Waals surface area contributed by atoms with Crippen LogP contribution in [0.4, 0.5) is 0 Å². The van der Waals surface area contributed by atoms with Gasteiger partial charge in [-0.05, 0) is 42.2 Å². The van der Waals surface area contributed by atoms with Crippen molar-refractivity contribution in [3.8, 4) is 0 Å². The smallest absolute Gasteiger partial charge is 0.243 e. The first-order valence-corrected chi connectivity index (χ1v) is 11.7. The minimum Gasteiger partial charge on any atom is -0.464 e. The summed E-state index contributed by atoms with van der Waals surface area (Å²) in [6.45, 7) is 5.23. The normalized spacial score (nSPS) is 19.9. The molecule has 1 aliphatic heterocycles. The van der Waals surface area contributed by atoms with Gasteiger partial charge in [0.05, 0.1) is 24.0 Å². The van der Waals surface area contributed by atoms with Gasteiger partial charge in [0.25, 0.3) is 0 Å². The molecule has 1 aromatic heterocycles. The van der Waals surface area contributed by atoms with E-state index in [-0.39, 0.29) is 23.0 Å². The van der Waals surface area contributed by atoms with Crippen molar-refractivity contribution in [2.75, 3.05) is 19.8 Å². The predicted octanol–water partition coefficient (Wildman–Crippen LogP) is 3.64. The molecule has 30 heavy (non-hydrogen) atoms. The second-order valence-corrected chi connectivity index (χ2v) is 10.1. The Labute approximate surface area is 177 Å². The SMILES string of the molecule is CC(C)CN(C[C@H]1OCN[C@H]1Cc1ccccc1)S(=O)(=O)c1ccc2occc2c1. The Balaban J connectivity index is 1.57. The Morgan fingerprint density at radius 2 is 1.93 bits per heavy atom. The Morgan fingerprint density at radius 3 is 2.70 bits per heavy atom. The van der Waals surface area contributed by atoms with Crippen LogP contribution in [0.5, 0.6) is 0 Å². The quantitative estimate of drug-likeness (QED) is 0.593. The molecule has 0 bridgehead atoms. The zero-order valence-electron chi connectivity index (χ0n) is 17.3. The topological polar surface area (TPSA) is 71.8 Å². The van der Waals surface area contributed by atoms with Crippen molar-refractivity contribution in [3.05, 3.63) is 66.4 Å². The summed E-state index contributed by atoms with van der Waals surface area (Å²) in [5, 5.41) is 4.15. The molecule has 2 aromatic carbocycles. The lowest BCUT2D eigenvalue weighted by atomic mass is 10.0. The van der Waals surface area contributed by atoms with Gasteiger partial charge in [-0.15, -0.1) is 0 Å². The molecule has 1 fully saturated rings. The fraction of sp³-hybridized carbons (Fsp3) is 0.391. The molecule has 0 radical (unpaired) electrons. The molecule has 2 heterocycles. The molecule has 6 nitrogen and oxygen atoms in total. The maximum Gasteiger partial charge on any atom is 0.243 e. The zero-order valence-corrected chi connectivity index (χ0v) is 18.1. The summed E-state index contributed by atoms with van der Waals surface area (Å²) in [5.74, 6) is 0.194. The van der Waals surface area contributed by atoms with Gasteiger partial charge in [-0.25, -0.2) is 8.42 Å². The number of hydrogen-bond donors (Lipinski definition) is 1. The van der Waals surface area contributed by atoms with E-state index in [2.05, 4.69) is 17.4 Å². The van der Waals surface area contributed by atoms with Crippen LogP contribution in [0.1, 0.15) is 19.4 Å². The number of hydrogen-bond acceptors (Lipinski definition) is 5. The predicted molar refractivity (Wildman–Crippen MR) is 117 cm³/mol. The largest absolute Gasteiger partial charge is 0.464 e. The number of nitrogens with zero attached hydrogens (tertiary/aromatic N) is 1. The maximum atomic E-state index is 13.5. The lowest BCUT2D eigenvalue weighted by Gasteiger charge is -2.28. The van der Waals surface area contributed by atoms with Crippen LogP contribution in [0, 0.1) is 5.92 Å². The minimum atomic E-state index is -3.67. The molecule has 1 aliphatic rings. The summed E-state index contributed by atoms with van der Waals surface area (Å²) >= 11 is 0. The summed E-state index contributed by atoms with van der Waals surface area (Å²) < 4.78 is 39.8. The van der Waals surface area contributed by atoms with E-state index in [1.165, 1.54) is 5.56 Å². The molecule has 160 valence electrons. The van der Waals surface area contributed by atoms with Crippen molar-refractivity contribution < 1.29 is 17.6 Å². The van der Waals surface area contributed by atoms with E-state index in [4.69, 9.17) is 9.15 Å². The summed E-state index contributed by atoms with van der Waals surface area (Å²) in [6, 6.07) is 17.0. The molecular weight excluding hydrogens is 400 g/mol. The molecule has 3 aromatic rings. The molecule has 0 spiro atoms. The Hall–Kier alpha value is -2.19. The molecule has 1 saturated heterocycles. The van der Waals surface area contributed by atoms with E-state index >= 15 is 0 Å². The maximum absolute atomic E-state index is 13.5. The van der Waals surface area contributed by atoms with Crippen molar-refractivity contribution in [2.45, 2.75) is 37.3 Å². The van der Waals surface area contributed by atoms with Crippen molar-refractivity contribution >= 4 is 21.0 Å². The van der Waals surface area contributed by atoms with Crippen LogP contribution in [0.15, 0.2) is 70.2 Å². The highest BCUT2D eigenvalue weighted by molar-refractivity contribution is 7.89. The average Bonchev–Trinajstić information content (AvgIpc) is 3.36. The molecule has 4 rings (SSSR count). The molecule has 7 heteroatoms. The summed E-state index contributed by atoms with van der Waals surface area (Å²) in [6.07, 6.45) is 2.15. The molecular formula is C23H28N2O4S. The summed E-state index contributed by atoms with van der Waals surface area (Å²) in [7, 11) is -3.67. The number of rotatable bonds is 8. The first kappa shape index (κ1) is 21.1. The highest BCUT2D eigenvalue weighted by atomic mass is 32.2. The van der Waals surface area contributed by atoms with Crippen molar-refractivity contribution in [1.29, 1.82) is 0 Å². The van der Waals surface area contributed by atoms with Crippen LogP contribution >= 0.6 is 0 Å². The lowest BCUT2D eigenvalue weighted by molar-refractivity contribution is 0.0837. The van der Waals surface area contributed by atoms with Gasteiger partial charge >= 0.3 is 0 Å². The number of benzene rings is 2. The van der Waals surface area contributed by atoms with Crippen LogP contribution < -0.4 is 5.32 Å². The third kappa shape index (κ3) is 4.59. The minimum absolute atomic E-state index is 0.0635. The number of furan rings is 1. The monoisotopic (exact) mass is 428 g/mol. The molecule has 0 aliphatic carbocycles. The van der Waals surface area contributed by atoms with Crippen molar-refractivity contribution in [1.82, 2.24) is 9.62 Å². The van der Waals surface area contributed by atoms with Crippen LogP contribution in [0.25, 0.3) is 11.0 Å². The number of nitrogens with one attached hydrogen (secondary N) is 1. The van der Waals surface area contributed by atoms with Crippen molar-refractivity contribution in [3.63, 3.8) is 0 Å². The molecule has 0 saturated carbocycles. The first-order chi connectivity index (χ1) is 14.4. The van der Waals surface area contributed by atoms with Crippen LogP contribution in [-0.4, -0.2) is 44.7 Å². The molecule has 1 N–H and O–H groups in total. The third-order valence-corrected chi connectivity index (χ3v) is 7.23. The van der Waals surface area contributed by atoms with Gasteiger partial charge < -0.3 is 9.15 Å². The van der Waals surface area contributed by atoms with E-state index in [9.17, 15) is 8.42 Å². The van der Waals surface area contributed by atoms with Gasteiger partial charge in [0.15, 0.2) is 0 Å². The number of ether oxygens (including phenoxy) is 1. The Morgan fingerprint density at radius 1 is 1.13 bits per heavy atom. The highest BCUT2D eigenvalue weighted by Crippen LogP contribution is 2.25. The average molecular weight is 429 g/mol. The second kappa shape index (κ2) is 8.89. The first-order valence-electron chi connectivity index (χ1n) is 10.3. The van der Waals surface area contributed by atoms with E-state index in [0.717, 1.165) is 11.8 Å². The lowest BCUT2D eigenvalue weighted by Crippen LogP contribution is -2.45. The second-order valence-electron chi connectivity index (χ2n) is 8.19. The molecule has 0 unspecified atom stereocenters. The standard InChI is InChI=1S/C23H28N2O4S/c1-17(2)14-25(30(26,27)20-8-9-22-19(13-20)10-11-28-22)15-23-21(24-16-29-23)12-18-6-4-3-5-7-18/h3-11,13,17,21,23-24H,12,14-16H2,1-2H3/t21-,23+/m0/s1. The zero-order chi connectivity index (χ0) is 21.1. The number of fused-ring (bicyclic) bond motifs is 1. The van der Waals surface area contributed by atoms with Crippen LogP contribution in [-0.2, 0) is 21.2 Å². The van der Waals surface area contributed by atoms with Gasteiger partial charge in [0.1, 0.15) is 5.58 Å². The third-order valence-electron chi connectivity index (χ3n) is 5.40. The van der Waals surface area contributed by atoms with Gasteiger partial charge in [0.2, 0.25) is 10.0 Å². The van der Waals surface area contributed by atoms with Gasteiger partial charge in [-0.2, -0.15) is 4.31 Å². The Kier molecular flexibility index (Phi) is 6.24. The van der Waals surface area contributed by atoms with Crippen LogP contribution in [0.3, 0.4) is 0 Å². The van der Waals surface area contributed by atoms with Gasteiger partial charge in [-0.1, -0.05) is 44.2 Å².